The quantitative estimate of drug-likeness (QED) is 0.0261. The summed E-state index contributed by atoms with van der Waals surface area (Å²) in [6.07, 6.45) is 78.2. The second-order valence-corrected chi connectivity index (χ2v) is 21.3. The van der Waals surface area contributed by atoms with E-state index < -0.39 is 6.10 Å². The third-order valence-electron chi connectivity index (χ3n) is 14.0. The minimum Gasteiger partial charge on any atom is -0.462 e. The maximum absolute atomic E-state index is 12.8. The van der Waals surface area contributed by atoms with E-state index in [0.717, 1.165) is 96.3 Å². The van der Waals surface area contributed by atoms with E-state index in [4.69, 9.17) is 14.2 Å². The van der Waals surface area contributed by atoms with Crippen molar-refractivity contribution in [1.82, 2.24) is 0 Å². The van der Waals surface area contributed by atoms with Gasteiger partial charge >= 0.3 is 17.9 Å². The summed E-state index contributed by atoms with van der Waals surface area (Å²) < 4.78 is 16.8. The molecule has 6 nitrogen and oxygen atoms in total. The Morgan fingerprint density at radius 1 is 0.274 bits per heavy atom. The first-order chi connectivity index (χ1) is 36.0. The van der Waals surface area contributed by atoms with Crippen molar-refractivity contribution >= 4 is 17.9 Å². The molecule has 0 N–H and O–H groups in total. The summed E-state index contributed by atoms with van der Waals surface area (Å²) in [6, 6.07) is 0. The Morgan fingerprint density at radius 3 is 0.795 bits per heavy atom. The second-order valence-electron chi connectivity index (χ2n) is 21.3. The third-order valence-corrected chi connectivity index (χ3v) is 14.0. The second kappa shape index (κ2) is 61.7. The van der Waals surface area contributed by atoms with Crippen LogP contribution in [0.25, 0.3) is 0 Å². The van der Waals surface area contributed by atoms with Crippen LogP contribution in [-0.2, 0) is 28.6 Å². The summed E-state index contributed by atoms with van der Waals surface area (Å²) in [5, 5.41) is 0. The third kappa shape index (κ3) is 59.9. The lowest BCUT2D eigenvalue weighted by molar-refractivity contribution is -0.167. The van der Waals surface area contributed by atoms with Crippen molar-refractivity contribution in [3.63, 3.8) is 0 Å². The predicted octanol–water partition coefficient (Wildman–Crippen LogP) is 21.6. The number of esters is 3. The van der Waals surface area contributed by atoms with Crippen LogP contribution in [0, 0.1) is 0 Å². The van der Waals surface area contributed by atoms with E-state index in [1.807, 2.05) is 0 Å². The smallest absolute Gasteiger partial charge is 0.306 e. The summed E-state index contributed by atoms with van der Waals surface area (Å²) in [6.45, 7) is 6.60. The fourth-order valence-electron chi connectivity index (χ4n) is 9.19. The molecule has 1 atom stereocenters. The SMILES string of the molecule is CCCCC/C=C\C/C=C\CCCCCCCC(=O)OC(COC(=O)CCCCCCCCCCC)COC(=O)CCCCCCCCCCCCCCCCCC/C=C\C/C=C\C/C=C\CCCCCCC. The molecule has 0 aliphatic carbocycles. The van der Waals surface area contributed by atoms with Crippen LogP contribution >= 0.6 is 0 Å². The van der Waals surface area contributed by atoms with E-state index in [1.165, 1.54) is 193 Å². The van der Waals surface area contributed by atoms with E-state index in [2.05, 4.69) is 81.5 Å². The first kappa shape index (κ1) is 70.1. The summed E-state index contributed by atoms with van der Waals surface area (Å²) in [5.41, 5.74) is 0. The van der Waals surface area contributed by atoms with Crippen LogP contribution in [0.1, 0.15) is 329 Å². The Bertz CT molecular complexity index is 1310. The van der Waals surface area contributed by atoms with E-state index >= 15 is 0 Å². The van der Waals surface area contributed by atoms with E-state index in [1.54, 1.807) is 0 Å². The van der Waals surface area contributed by atoms with Gasteiger partial charge in [-0.2, -0.15) is 0 Å². The topological polar surface area (TPSA) is 78.9 Å². The molecule has 0 aromatic carbocycles. The van der Waals surface area contributed by atoms with Gasteiger partial charge in [-0.3, -0.25) is 14.4 Å². The number of ether oxygens (including phenoxy) is 3. The van der Waals surface area contributed by atoms with Gasteiger partial charge in [-0.25, -0.2) is 0 Å². The van der Waals surface area contributed by atoms with Gasteiger partial charge in [0.15, 0.2) is 6.10 Å². The first-order valence-corrected chi connectivity index (χ1v) is 31.8. The Labute approximate surface area is 453 Å². The van der Waals surface area contributed by atoms with Gasteiger partial charge in [-0.15, -0.1) is 0 Å². The van der Waals surface area contributed by atoms with Crippen LogP contribution in [0.15, 0.2) is 60.8 Å². The lowest BCUT2D eigenvalue weighted by atomic mass is 10.0. The van der Waals surface area contributed by atoms with Gasteiger partial charge in [0.25, 0.3) is 0 Å². The molecule has 0 aliphatic rings. The number of carbonyl (C=O) groups is 3. The summed E-state index contributed by atoms with van der Waals surface area (Å²) in [7, 11) is 0. The zero-order valence-electron chi connectivity index (χ0n) is 48.7. The summed E-state index contributed by atoms with van der Waals surface area (Å²) >= 11 is 0. The fraction of sp³-hybridized carbons (Fsp3) is 0.806. The van der Waals surface area contributed by atoms with Crippen LogP contribution in [0.2, 0.25) is 0 Å². The van der Waals surface area contributed by atoms with Gasteiger partial charge in [-0.05, 0) is 89.9 Å². The Kier molecular flexibility index (Phi) is 59.2. The van der Waals surface area contributed by atoms with Crippen LogP contribution in [-0.4, -0.2) is 37.2 Å². The van der Waals surface area contributed by atoms with Crippen molar-refractivity contribution in [2.24, 2.45) is 0 Å². The van der Waals surface area contributed by atoms with Gasteiger partial charge in [0, 0.05) is 19.3 Å². The highest BCUT2D eigenvalue weighted by atomic mass is 16.6. The van der Waals surface area contributed by atoms with E-state index in [-0.39, 0.29) is 31.1 Å². The normalized spacial score (nSPS) is 12.4. The largest absolute Gasteiger partial charge is 0.462 e. The molecule has 0 bridgehead atoms. The molecular formula is C67H120O6. The zero-order valence-corrected chi connectivity index (χ0v) is 48.7. The predicted molar refractivity (Wildman–Crippen MR) is 316 cm³/mol. The number of rotatable bonds is 58. The van der Waals surface area contributed by atoms with Crippen LogP contribution < -0.4 is 0 Å². The van der Waals surface area contributed by atoms with Crippen LogP contribution in [0.5, 0.6) is 0 Å². The van der Waals surface area contributed by atoms with Crippen LogP contribution in [0.3, 0.4) is 0 Å². The average molecular weight is 1020 g/mol. The maximum Gasteiger partial charge on any atom is 0.306 e. The molecule has 0 rings (SSSR count). The number of hydrogen-bond acceptors (Lipinski definition) is 6. The lowest BCUT2D eigenvalue weighted by Crippen LogP contribution is -2.30. The highest BCUT2D eigenvalue weighted by Crippen LogP contribution is 2.17. The number of hydrogen-bond donors (Lipinski definition) is 0. The molecule has 0 saturated carbocycles. The molecule has 0 aromatic rings. The Balaban J connectivity index is 4.09. The molecule has 0 fully saturated rings. The zero-order chi connectivity index (χ0) is 52.9. The van der Waals surface area contributed by atoms with Gasteiger partial charge < -0.3 is 14.2 Å². The molecule has 424 valence electrons. The maximum atomic E-state index is 12.8. The highest BCUT2D eigenvalue weighted by molar-refractivity contribution is 5.71. The monoisotopic (exact) mass is 1020 g/mol. The van der Waals surface area contributed by atoms with Crippen LogP contribution in [0.4, 0.5) is 0 Å². The van der Waals surface area contributed by atoms with Crippen molar-refractivity contribution in [2.75, 3.05) is 13.2 Å². The standard InChI is InChI=1S/C67H120O6/c1-4-7-10-13-16-19-21-23-25-26-27-28-29-30-31-32-33-34-35-36-37-38-39-40-42-43-45-48-51-54-57-60-66(69)72-63-64(62-71-65(68)59-56-53-50-47-18-15-12-9-6-3)73-67(70)61-58-55-52-49-46-44-41-24-22-20-17-14-11-8-5-2/h17,20-21,23-24,26-27,29-30,41,64H,4-16,18-19,22,25,28,31-40,42-63H2,1-3H3/b20-17-,23-21-,27-26-,30-29-,41-24-. The van der Waals surface area contributed by atoms with Crippen molar-refractivity contribution in [3.8, 4) is 0 Å². The molecule has 0 spiro atoms. The minimum atomic E-state index is -0.778. The first-order valence-electron chi connectivity index (χ1n) is 31.8. The molecule has 0 saturated heterocycles. The number of carbonyl (C=O) groups excluding carboxylic acids is 3. The van der Waals surface area contributed by atoms with E-state index in [9.17, 15) is 14.4 Å². The molecule has 0 heterocycles. The molecule has 0 amide bonds. The molecule has 0 radical (unpaired) electrons. The fourth-order valence-corrected chi connectivity index (χ4v) is 9.19. The summed E-state index contributed by atoms with van der Waals surface area (Å²) in [5.74, 6) is -0.879. The van der Waals surface area contributed by atoms with Crippen molar-refractivity contribution in [1.29, 1.82) is 0 Å². The number of allylic oxidation sites excluding steroid dienone is 10. The molecule has 1 unspecified atom stereocenters. The highest BCUT2D eigenvalue weighted by Gasteiger charge is 2.19. The molecule has 0 aromatic heterocycles. The molecule has 6 heteroatoms. The average Bonchev–Trinajstić information content (AvgIpc) is 3.39. The molecule has 0 aliphatic heterocycles. The lowest BCUT2D eigenvalue weighted by Gasteiger charge is -2.18. The van der Waals surface area contributed by atoms with Crippen molar-refractivity contribution in [2.45, 2.75) is 335 Å². The van der Waals surface area contributed by atoms with Gasteiger partial charge in [0.05, 0.1) is 0 Å². The summed E-state index contributed by atoms with van der Waals surface area (Å²) in [4.78, 5) is 38.1. The van der Waals surface area contributed by atoms with Crippen molar-refractivity contribution in [3.05, 3.63) is 60.8 Å². The Morgan fingerprint density at radius 2 is 0.493 bits per heavy atom. The van der Waals surface area contributed by atoms with Gasteiger partial charge in [0.1, 0.15) is 13.2 Å². The molecular weight excluding hydrogens is 901 g/mol. The number of unbranched alkanes of at least 4 members (excludes halogenated alkanes) is 37. The van der Waals surface area contributed by atoms with Crippen molar-refractivity contribution < 1.29 is 28.6 Å². The van der Waals surface area contributed by atoms with Gasteiger partial charge in [-0.1, -0.05) is 281 Å². The van der Waals surface area contributed by atoms with E-state index in [0.29, 0.717) is 19.3 Å². The minimum absolute atomic E-state index is 0.0764. The van der Waals surface area contributed by atoms with Gasteiger partial charge in [0.2, 0.25) is 0 Å². The Hall–Kier alpha value is -2.89. The molecule has 73 heavy (non-hydrogen) atoms.